The largest absolute Gasteiger partial charge is 0.462 e. The van der Waals surface area contributed by atoms with Crippen molar-refractivity contribution in [3.8, 4) is 0 Å². The van der Waals surface area contributed by atoms with E-state index in [2.05, 4.69) is 35.1 Å². The molecule has 1 atom stereocenters. The predicted molar refractivity (Wildman–Crippen MR) is 142 cm³/mol. The summed E-state index contributed by atoms with van der Waals surface area (Å²) in [6.07, 6.45) is 3.73. The Morgan fingerprint density at radius 1 is 1.06 bits per heavy atom. The van der Waals surface area contributed by atoms with Gasteiger partial charge in [0.25, 0.3) is 5.91 Å². The van der Waals surface area contributed by atoms with Crippen molar-refractivity contribution >= 4 is 55.8 Å². The van der Waals surface area contributed by atoms with Crippen LogP contribution in [0.25, 0.3) is 22.2 Å². The van der Waals surface area contributed by atoms with Gasteiger partial charge in [0.2, 0.25) is 0 Å². The molecule has 4 rings (SSSR count). The number of halogens is 1. The zero-order chi connectivity index (χ0) is 24.9. The van der Waals surface area contributed by atoms with Crippen molar-refractivity contribution in [2.45, 2.75) is 52.5 Å². The molecule has 1 amide bonds. The van der Waals surface area contributed by atoms with Crippen molar-refractivity contribution in [2.24, 2.45) is 0 Å². The normalized spacial score (nSPS) is 12.1. The summed E-state index contributed by atoms with van der Waals surface area (Å²) >= 11 is 3.43. The second-order valence-corrected chi connectivity index (χ2v) is 9.28. The average molecular weight is 537 g/mol. The highest BCUT2D eigenvalue weighted by atomic mass is 79.9. The molecule has 0 radical (unpaired) electrons. The molecule has 0 aliphatic heterocycles. The van der Waals surface area contributed by atoms with Gasteiger partial charge in [-0.05, 0) is 50.1 Å². The Hall–Kier alpha value is -3.26. The zero-order valence-electron chi connectivity index (χ0n) is 20.2. The first-order chi connectivity index (χ1) is 17.0. The summed E-state index contributed by atoms with van der Waals surface area (Å²) in [4.78, 5) is 36.3. The number of nitrogens with one attached hydrogen (secondary N) is 1. The van der Waals surface area contributed by atoms with Crippen molar-refractivity contribution in [3.63, 3.8) is 0 Å². The van der Waals surface area contributed by atoms with Gasteiger partial charge < -0.3 is 14.6 Å². The van der Waals surface area contributed by atoms with E-state index in [1.54, 1.807) is 25.1 Å². The van der Waals surface area contributed by atoms with Crippen LogP contribution < -0.4 is 5.32 Å². The van der Waals surface area contributed by atoms with Crippen LogP contribution in [0.4, 0.5) is 5.82 Å². The molecule has 2 heterocycles. The summed E-state index contributed by atoms with van der Waals surface area (Å²) in [7, 11) is 0. The van der Waals surface area contributed by atoms with Crippen LogP contribution in [0, 0.1) is 0 Å². The monoisotopic (exact) mass is 536 g/mol. The molecule has 0 bridgehead atoms. The van der Waals surface area contributed by atoms with Gasteiger partial charge in [0.15, 0.2) is 5.65 Å². The molecule has 0 fully saturated rings. The predicted octanol–water partition coefficient (Wildman–Crippen LogP) is 6.92. The SMILES string of the molecule is CCCCC(CC)n1c(NC(=O)c2cccc(Br)c2)c(C(=O)OCC)c2nc3ccccc3nc21. The number of aromatic nitrogens is 3. The zero-order valence-corrected chi connectivity index (χ0v) is 21.8. The number of hydrogen-bond acceptors (Lipinski definition) is 5. The van der Waals surface area contributed by atoms with E-state index in [9.17, 15) is 9.59 Å². The summed E-state index contributed by atoms with van der Waals surface area (Å²) in [5.74, 6) is -0.479. The van der Waals surface area contributed by atoms with Crippen LogP contribution in [-0.2, 0) is 4.74 Å². The maximum atomic E-state index is 13.3. The third-order valence-electron chi connectivity index (χ3n) is 6.02. The Labute approximate surface area is 213 Å². The first kappa shape index (κ1) is 24.9. The number of hydrogen-bond donors (Lipinski definition) is 1. The van der Waals surface area contributed by atoms with E-state index in [1.807, 2.05) is 34.9 Å². The first-order valence-electron chi connectivity index (χ1n) is 12.0. The van der Waals surface area contributed by atoms with Crippen LogP contribution in [0.1, 0.15) is 73.2 Å². The van der Waals surface area contributed by atoms with E-state index in [4.69, 9.17) is 14.7 Å². The van der Waals surface area contributed by atoms with Gasteiger partial charge in [0, 0.05) is 16.1 Å². The van der Waals surface area contributed by atoms with Crippen molar-refractivity contribution in [1.82, 2.24) is 14.5 Å². The van der Waals surface area contributed by atoms with E-state index in [0.717, 1.165) is 35.7 Å². The molecule has 0 aliphatic carbocycles. The second kappa shape index (κ2) is 11.0. The molecule has 4 aromatic rings. The molecule has 0 saturated carbocycles. The number of unbranched alkanes of at least 4 members (excludes halogenated alkanes) is 1. The van der Waals surface area contributed by atoms with Crippen LogP contribution in [0.5, 0.6) is 0 Å². The minimum Gasteiger partial charge on any atom is -0.462 e. The lowest BCUT2D eigenvalue weighted by Gasteiger charge is -2.21. The molecule has 1 unspecified atom stereocenters. The van der Waals surface area contributed by atoms with Gasteiger partial charge in [-0.25, -0.2) is 14.8 Å². The molecule has 35 heavy (non-hydrogen) atoms. The van der Waals surface area contributed by atoms with Crippen LogP contribution in [0.2, 0.25) is 0 Å². The maximum Gasteiger partial charge on any atom is 0.344 e. The number of carbonyl (C=O) groups is 2. The van der Waals surface area contributed by atoms with Gasteiger partial charge in [-0.3, -0.25) is 4.79 Å². The van der Waals surface area contributed by atoms with Gasteiger partial charge in [-0.15, -0.1) is 0 Å². The topological polar surface area (TPSA) is 86.1 Å². The summed E-state index contributed by atoms with van der Waals surface area (Å²) < 4.78 is 8.19. The highest BCUT2D eigenvalue weighted by Gasteiger charge is 2.30. The van der Waals surface area contributed by atoms with Crippen molar-refractivity contribution in [1.29, 1.82) is 0 Å². The van der Waals surface area contributed by atoms with Gasteiger partial charge in [-0.2, -0.15) is 0 Å². The number of para-hydroxylation sites is 2. The molecule has 7 nitrogen and oxygen atoms in total. The van der Waals surface area contributed by atoms with Crippen molar-refractivity contribution in [2.75, 3.05) is 11.9 Å². The Bertz CT molecular complexity index is 1380. The lowest BCUT2D eigenvalue weighted by Crippen LogP contribution is -2.20. The molecule has 8 heteroatoms. The van der Waals surface area contributed by atoms with Gasteiger partial charge in [0.1, 0.15) is 16.9 Å². The fourth-order valence-electron chi connectivity index (χ4n) is 4.30. The van der Waals surface area contributed by atoms with E-state index in [1.165, 1.54) is 0 Å². The third-order valence-corrected chi connectivity index (χ3v) is 6.51. The third kappa shape index (κ3) is 5.07. The van der Waals surface area contributed by atoms with Crippen molar-refractivity contribution in [3.05, 3.63) is 64.1 Å². The van der Waals surface area contributed by atoms with E-state index in [0.29, 0.717) is 28.1 Å². The lowest BCUT2D eigenvalue weighted by molar-refractivity contribution is 0.0529. The van der Waals surface area contributed by atoms with Crippen LogP contribution in [-0.4, -0.2) is 33.0 Å². The van der Waals surface area contributed by atoms with Crippen molar-refractivity contribution < 1.29 is 14.3 Å². The number of esters is 1. The molecule has 182 valence electrons. The lowest BCUT2D eigenvalue weighted by atomic mass is 10.1. The summed E-state index contributed by atoms with van der Waals surface area (Å²) in [6, 6.07) is 14.7. The van der Waals surface area contributed by atoms with Crippen LogP contribution >= 0.6 is 15.9 Å². The van der Waals surface area contributed by atoms with E-state index >= 15 is 0 Å². The number of rotatable bonds is 9. The number of amides is 1. The minimum atomic E-state index is -0.532. The fourth-order valence-corrected chi connectivity index (χ4v) is 4.70. The van der Waals surface area contributed by atoms with Gasteiger partial charge >= 0.3 is 5.97 Å². The quantitative estimate of drug-likeness (QED) is 0.234. The Kier molecular flexibility index (Phi) is 7.80. The molecule has 1 N–H and O–H groups in total. The molecule has 0 spiro atoms. The average Bonchev–Trinajstić information content (AvgIpc) is 3.15. The molecular weight excluding hydrogens is 508 g/mol. The fraction of sp³-hybridized carbons (Fsp3) is 0.333. The Morgan fingerprint density at radius 3 is 2.46 bits per heavy atom. The Morgan fingerprint density at radius 2 is 1.80 bits per heavy atom. The summed E-state index contributed by atoms with van der Waals surface area (Å²) in [6.45, 7) is 6.21. The van der Waals surface area contributed by atoms with Crippen LogP contribution in [0.3, 0.4) is 0 Å². The summed E-state index contributed by atoms with van der Waals surface area (Å²) in [5, 5.41) is 3.02. The van der Waals surface area contributed by atoms with E-state index < -0.39 is 5.97 Å². The number of nitrogens with zero attached hydrogens (tertiary/aromatic N) is 3. The number of fused-ring (bicyclic) bond motifs is 2. The molecule has 2 aromatic carbocycles. The standard InChI is InChI=1S/C27H29BrN4O3/c1-4-7-13-19(5-2)32-24(31-26(33)17-11-10-12-18(28)16-17)22(27(34)35-6-3)23-25(32)30-21-15-9-8-14-20(21)29-23/h8-12,14-16,19H,4-7,13H2,1-3H3,(H,31,33). The Balaban J connectivity index is 1.99. The number of carbonyl (C=O) groups excluding carboxylic acids is 2. The minimum absolute atomic E-state index is 0.0221. The first-order valence-corrected chi connectivity index (χ1v) is 12.8. The molecule has 0 saturated heterocycles. The van der Waals surface area contributed by atoms with Gasteiger partial charge in [-0.1, -0.05) is 60.8 Å². The summed E-state index contributed by atoms with van der Waals surface area (Å²) in [5.41, 5.74) is 3.11. The number of ether oxygens (including phenoxy) is 1. The molecule has 2 aromatic heterocycles. The highest BCUT2D eigenvalue weighted by Crippen LogP contribution is 2.36. The van der Waals surface area contributed by atoms with E-state index in [-0.39, 0.29) is 24.1 Å². The van der Waals surface area contributed by atoms with Gasteiger partial charge in [0.05, 0.1) is 17.6 Å². The smallest absolute Gasteiger partial charge is 0.344 e. The molecular formula is C27H29BrN4O3. The van der Waals surface area contributed by atoms with Crippen LogP contribution in [0.15, 0.2) is 53.0 Å². The number of anilines is 1. The second-order valence-electron chi connectivity index (χ2n) is 8.37. The maximum absolute atomic E-state index is 13.3. The molecule has 0 aliphatic rings. The number of benzene rings is 2. The highest BCUT2D eigenvalue weighted by molar-refractivity contribution is 9.10.